The van der Waals surface area contributed by atoms with E-state index >= 15 is 0 Å². The SMILES string of the molecule is Cn1ncc(C(=O)NC23CC4CC(CC(C4)C2)C3)c1Sc1ccccc1. The number of rotatable bonds is 4. The lowest BCUT2D eigenvalue weighted by Gasteiger charge is -2.56. The number of hydrogen-bond donors (Lipinski definition) is 1. The number of carbonyl (C=O) groups is 1. The number of amides is 1. The van der Waals surface area contributed by atoms with Crippen LogP contribution in [0.1, 0.15) is 48.9 Å². The highest BCUT2D eigenvalue weighted by Gasteiger charge is 2.51. The summed E-state index contributed by atoms with van der Waals surface area (Å²) in [5.41, 5.74) is 0.744. The van der Waals surface area contributed by atoms with Crippen molar-refractivity contribution >= 4 is 17.7 Å². The lowest BCUT2D eigenvalue weighted by molar-refractivity contribution is -0.0167. The summed E-state index contributed by atoms with van der Waals surface area (Å²) in [5.74, 6) is 2.54. The van der Waals surface area contributed by atoms with Crippen molar-refractivity contribution < 1.29 is 4.79 Å². The number of aryl methyl sites for hydroxylation is 1. The normalized spacial score (nSPS) is 32.0. The molecule has 4 aliphatic rings. The van der Waals surface area contributed by atoms with Gasteiger partial charge in [0.25, 0.3) is 5.91 Å². The van der Waals surface area contributed by atoms with Crippen LogP contribution in [0.4, 0.5) is 0 Å². The van der Waals surface area contributed by atoms with Crippen molar-refractivity contribution in [2.24, 2.45) is 24.8 Å². The molecule has 0 spiro atoms. The molecule has 5 heteroatoms. The zero-order valence-electron chi connectivity index (χ0n) is 15.1. The molecule has 1 heterocycles. The molecule has 0 aliphatic heterocycles. The lowest BCUT2D eigenvalue weighted by Crippen LogP contribution is -2.59. The molecule has 136 valence electrons. The van der Waals surface area contributed by atoms with Gasteiger partial charge in [-0.3, -0.25) is 9.48 Å². The smallest absolute Gasteiger partial charge is 0.256 e. The minimum atomic E-state index is 0.0381. The Bertz CT molecular complexity index is 794. The van der Waals surface area contributed by atoms with Crippen molar-refractivity contribution in [3.8, 4) is 0 Å². The van der Waals surface area contributed by atoms with E-state index < -0.39 is 0 Å². The second kappa shape index (κ2) is 6.15. The molecule has 26 heavy (non-hydrogen) atoms. The first kappa shape index (κ1) is 16.4. The molecule has 0 unspecified atom stereocenters. The maximum Gasteiger partial charge on any atom is 0.256 e. The third-order valence-corrected chi connectivity index (χ3v) is 7.69. The Morgan fingerprint density at radius 1 is 1.12 bits per heavy atom. The minimum absolute atomic E-state index is 0.0381. The standard InChI is InChI=1S/C21H25N3OS/c1-24-20(26-17-5-3-2-4-6-17)18(13-22-24)19(25)23-21-10-14-7-15(11-21)9-16(8-14)12-21/h2-6,13-16H,7-12H2,1H3,(H,23,25). The molecule has 4 saturated carbocycles. The number of nitrogens with one attached hydrogen (secondary N) is 1. The second-order valence-electron chi connectivity index (χ2n) is 8.55. The molecule has 1 amide bonds. The fourth-order valence-electron chi connectivity index (χ4n) is 5.88. The number of benzene rings is 1. The molecule has 0 saturated heterocycles. The molecule has 4 aliphatic carbocycles. The molecule has 4 fully saturated rings. The summed E-state index contributed by atoms with van der Waals surface area (Å²) in [4.78, 5) is 14.3. The Balaban J connectivity index is 1.38. The highest BCUT2D eigenvalue weighted by atomic mass is 32.2. The van der Waals surface area contributed by atoms with Gasteiger partial charge in [0.2, 0.25) is 0 Å². The molecule has 1 aromatic carbocycles. The lowest BCUT2D eigenvalue weighted by atomic mass is 9.53. The van der Waals surface area contributed by atoms with Crippen molar-refractivity contribution in [1.82, 2.24) is 15.1 Å². The predicted molar refractivity (Wildman–Crippen MR) is 102 cm³/mol. The fourth-order valence-corrected chi connectivity index (χ4v) is 6.83. The second-order valence-corrected chi connectivity index (χ2v) is 9.62. The van der Waals surface area contributed by atoms with Crippen LogP contribution in [0.2, 0.25) is 0 Å². The van der Waals surface area contributed by atoms with E-state index in [1.165, 1.54) is 38.5 Å². The molecular formula is C21H25N3OS. The monoisotopic (exact) mass is 367 g/mol. The van der Waals surface area contributed by atoms with Crippen LogP contribution in [0.15, 0.2) is 46.5 Å². The van der Waals surface area contributed by atoms with Crippen molar-refractivity contribution in [3.05, 3.63) is 42.1 Å². The van der Waals surface area contributed by atoms with E-state index in [4.69, 9.17) is 0 Å². The Kier molecular flexibility index (Phi) is 3.89. The van der Waals surface area contributed by atoms with Gasteiger partial charge < -0.3 is 5.32 Å². The van der Waals surface area contributed by atoms with Gasteiger partial charge in [0.15, 0.2) is 0 Å². The molecular weight excluding hydrogens is 342 g/mol. The van der Waals surface area contributed by atoms with Crippen molar-refractivity contribution in [1.29, 1.82) is 0 Å². The van der Waals surface area contributed by atoms with Gasteiger partial charge in [0, 0.05) is 17.5 Å². The summed E-state index contributed by atoms with van der Waals surface area (Å²) < 4.78 is 1.81. The van der Waals surface area contributed by atoms with Gasteiger partial charge in [-0.25, -0.2) is 0 Å². The molecule has 4 bridgehead atoms. The highest BCUT2D eigenvalue weighted by Crippen LogP contribution is 2.55. The van der Waals surface area contributed by atoms with Crippen LogP contribution in [-0.4, -0.2) is 21.2 Å². The maximum atomic E-state index is 13.2. The average Bonchev–Trinajstić information content (AvgIpc) is 2.95. The van der Waals surface area contributed by atoms with Crippen molar-refractivity contribution in [2.45, 2.75) is 54.0 Å². The Hall–Kier alpha value is -1.75. The predicted octanol–water partition coefficient (Wildman–Crippen LogP) is 4.27. The zero-order chi connectivity index (χ0) is 17.7. The summed E-state index contributed by atoms with van der Waals surface area (Å²) >= 11 is 1.61. The largest absolute Gasteiger partial charge is 0.346 e. The summed E-state index contributed by atoms with van der Waals surface area (Å²) in [6, 6.07) is 10.2. The van der Waals surface area contributed by atoms with E-state index in [2.05, 4.69) is 22.5 Å². The fraction of sp³-hybridized carbons (Fsp3) is 0.524. The van der Waals surface area contributed by atoms with E-state index in [-0.39, 0.29) is 11.4 Å². The Labute approximate surface area is 158 Å². The molecule has 0 atom stereocenters. The number of carbonyl (C=O) groups excluding carboxylic acids is 1. The van der Waals surface area contributed by atoms with E-state index in [9.17, 15) is 4.79 Å². The first-order valence-electron chi connectivity index (χ1n) is 9.68. The highest BCUT2D eigenvalue weighted by molar-refractivity contribution is 7.99. The van der Waals surface area contributed by atoms with Crippen LogP contribution in [0.5, 0.6) is 0 Å². The van der Waals surface area contributed by atoms with Crippen LogP contribution in [-0.2, 0) is 7.05 Å². The first-order valence-corrected chi connectivity index (χ1v) is 10.5. The summed E-state index contributed by atoms with van der Waals surface area (Å²) in [6.45, 7) is 0. The Morgan fingerprint density at radius 2 is 1.73 bits per heavy atom. The van der Waals surface area contributed by atoms with E-state index in [1.54, 1.807) is 18.0 Å². The maximum absolute atomic E-state index is 13.2. The number of aromatic nitrogens is 2. The topological polar surface area (TPSA) is 46.9 Å². The van der Waals surface area contributed by atoms with Crippen molar-refractivity contribution in [3.63, 3.8) is 0 Å². The molecule has 2 aromatic rings. The van der Waals surface area contributed by atoms with Crippen molar-refractivity contribution in [2.75, 3.05) is 0 Å². The van der Waals surface area contributed by atoms with Crippen LogP contribution >= 0.6 is 11.8 Å². The van der Waals surface area contributed by atoms with E-state index in [1.807, 2.05) is 29.9 Å². The van der Waals surface area contributed by atoms with Crippen LogP contribution in [0.3, 0.4) is 0 Å². The summed E-state index contributed by atoms with van der Waals surface area (Å²) in [6.07, 6.45) is 9.40. The molecule has 0 radical (unpaired) electrons. The van der Waals surface area contributed by atoms with Gasteiger partial charge >= 0.3 is 0 Å². The Morgan fingerprint density at radius 3 is 2.35 bits per heavy atom. The van der Waals surface area contributed by atoms with Crippen LogP contribution in [0, 0.1) is 17.8 Å². The third-order valence-electron chi connectivity index (χ3n) is 6.50. The van der Waals surface area contributed by atoms with Gasteiger partial charge in [-0.05, 0) is 68.4 Å². The summed E-state index contributed by atoms with van der Waals surface area (Å²) in [5, 5.41) is 8.75. The molecule has 1 aromatic heterocycles. The van der Waals surface area contributed by atoms with Gasteiger partial charge in [-0.15, -0.1) is 0 Å². The molecule has 6 rings (SSSR count). The molecule has 1 N–H and O–H groups in total. The summed E-state index contributed by atoms with van der Waals surface area (Å²) in [7, 11) is 1.91. The van der Waals surface area contributed by atoms with Gasteiger partial charge in [-0.1, -0.05) is 30.0 Å². The minimum Gasteiger partial charge on any atom is -0.346 e. The zero-order valence-corrected chi connectivity index (χ0v) is 16.0. The van der Waals surface area contributed by atoms with E-state index in [0.29, 0.717) is 5.56 Å². The average molecular weight is 368 g/mol. The van der Waals surface area contributed by atoms with Crippen LogP contribution < -0.4 is 5.32 Å². The number of nitrogens with zero attached hydrogens (tertiary/aromatic N) is 2. The molecule has 4 nitrogen and oxygen atoms in total. The van der Waals surface area contributed by atoms with E-state index in [0.717, 1.165) is 27.7 Å². The van der Waals surface area contributed by atoms with Gasteiger partial charge in [-0.2, -0.15) is 5.10 Å². The first-order chi connectivity index (χ1) is 12.6. The number of hydrogen-bond acceptors (Lipinski definition) is 3. The third kappa shape index (κ3) is 2.86. The quantitative estimate of drug-likeness (QED) is 0.878. The van der Waals surface area contributed by atoms with Crippen LogP contribution in [0.25, 0.3) is 0 Å². The van der Waals surface area contributed by atoms with Gasteiger partial charge in [0.1, 0.15) is 5.03 Å². The van der Waals surface area contributed by atoms with Gasteiger partial charge in [0.05, 0.1) is 11.8 Å².